The van der Waals surface area contributed by atoms with Gasteiger partial charge in [-0.2, -0.15) is 5.10 Å². The van der Waals surface area contributed by atoms with Gasteiger partial charge in [-0.3, -0.25) is 9.89 Å². The number of aromatic nitrogens is 2. The van der Waals surface area contributed by atoms with Gasteiger partial charge in [-0.15, -0.1) is 0 Å². The van der Waals surface area contributed by atoms with Crippen LogP contribution in [0.25, 0.3) is 0 Å². The first kappa shape index (κ1) is 15.2. The largest absolute Gasteiger partial charge is 0.492 e. The van der Waals surface area contributed by atoms with Gasteiger partial charge in [0.1, 0.15) is 12.4 Å². The number of carbonyl (C=O) groups is 1. The zero-order chi connectivity index (χ0) is 16.4. The maximum Gasteiger partial charge on any atom is 0.227 e. The Morgan fingerprint density at radius 2 is 2.12 bits per heavy atom. The van der Waals surface area contributed by atoms with Gasteiger partial charge in [0.25, 0.3) is 0 Å². The number of hydrogen-bond acceptors (Lipinski definition) is 3. The highest BCUT2D eigenvalue weighted by molar-refractivity contribution is 5.79. The predicted molar refractivity (Wildman–Crippen MR) is 90.8 cm³/mol. The Balaban J connectivity index is 1.38. The van der Waals surface area contributed by atoms with Gasteiger partial charge in [-0.05, 0) is 49.3 Å². The number of rotatable bonds is 3. The van der Waals surface area contributed by atoms with Crippen LogP contribution in [0.5, 0.6) is 5.75 Å². The van der Waals surface area contributed by atoms with E-state index in [2.05, 4.69) is 15.5 Å². The predicted octanol–water partition coefficient (Wildman–Crippen LogP) is 2.55. The molecule has 24 heavy (non-hydrogen) atoms. The molecule has 5 nitrogen and oxygen atoms in total. The number of para-hydroxylation sites is 1. The number of fused-ring (bicyclic) bond motifs is 2. The Morgan fingerprint density at radius 1 is 1.25 bits per heavy atom. The van der Waals surface area contributed by atoms with E-state index >= 15 is 0 Å². The first-order valence-electron chi connectivity index (χ1n) is 8.84. The number of hydrogen-bond donors (Lipinski definition) is 2. The van der Waals surface area contributed by atoms with Crippen molar-refractivity contribution in [3.63, 3.8) is 0 Å². The summed E-state index contributed by atoms with van der Waals surface area (Å²) in [6.45, 7) is 0.949. The summed E-state index contributed by atoms with van der Waals surface area (Å²) in [5.41, 5.74) is 4.68. The molecule has 0 radical (unpaired) electrons. The average Bonchev–Trinajstić information content (AvgIpc) is 2.85. The van der Waals surface area contributed by atoms with E-state index in [4.69, 9.17) is 4.74 Å². The minimum atomic E-state index is -0.127. The van der Waals surface area contributed by atoms with Gasteiger partial charge < -0.3 is 10.1 Å². The van der Waals surface area contributed by atoms with Gasteiger partial charge in [-0.25, -0.2) is 0 Å². The second-order valence-electron chi connectivity index (χ2n) is 6.73. The van der Waals surface area contributed by atoms with Crippen LogP contribution in [0, 0.1) is 5.92 Å². The summed E-state index contributed by atoms with van der Waals surface area (Å²) < 4.78 is 5.72. The molecular formula is C19H23N3O2. The van der Waals surface area contributed by atoms with Crippen molar-refractivity contribution in [1.29, 1.82) is 0 Å². The smallest absolute Gasteiger partial charge is 0.227 e. The van der Waals surface area contributed by atoms with Crippen LogP contribution in [0.15, 0.2) is 24.3 Å². The van der Waals surface area contributed by atoms with Gasteiger partial charge in [-0.1, -0.05) is 24.6 Å². The molecule has 1 aliphatic heterocycles. The van der Waals surface area contributed by atoms with Crippen molar-refractivity contribution < 1.29 is 9.53 Å². The molecule has 2 aliphatic rings. The molecule has 0 fully saturated rings. The zero-order valence-electron chi connectivity index (χ0n) is 13.8. The molecule has 0 bridgehead atoms. The molecule has 1 unspecified atom stereocenters. The number of H-pyrrole nitrogens is 1. The SMILES string of the molecule is O=C(NCc1n[nH]c2c1CCCCC2)C1COc2ccccc2C1. The van der Waals surface area contributed by atoms with Crippen LogP contribution >= 0.6 is 0 Å². The topological polar surface area (TPSA) is 67.0 Å². The van der Waals surface area contributed by atoms with Gasteiger partial charge >= 0.3 is 0 Å². The summed E-state index contributed by atoms with van der Waals surface area (Å²) in [4.78, 5) is 12.5. The summed E-state index contributed by atoms with van der Waals surface area (Å²) in [5.74, 6) is 0.825. The summed E-state index contributed by atoms with van der Waals surface area (Å²) >= 11 is 0. The quantitative estimate of drug-likeness (QED) is 0.852. The Labute approximate surface area is 141 Å². The molecule has 2 N–H and O–H groups in total. The van der Waals surface area contributed by atoms with E-state index in [1.165, 1.54) is 30.5 Å². The molecule has 0 spiro atoms. The van der Waals surface area contributed by atoms with E-state index in [0.29, 0.717) is 13.2 Å². The molecule has 1 aliphatic carbocycles. The lowest BCUT2D eigenvalue weighted by molar-refractivity contribution is -0.126. The number of ether oxygens (including phenoxy) is 1. The van der Waals surface area contributed by atoms with Crippen molar-refractivity contribution in [2.24, 2.45) is 5.92 Å². The van der Waals surface area contributed by atoms with Crippen LogP contribution in [0.1, 0.15) is 41.8 Å². The van der Waals surface area contributed by atoms with Crippen LogP contribution in [-0.2, 0) is 30.6 Å². The van der Waals surface area contributed by atoms with E-state index in [0.717, 1.165) is 36.3 Å². The maximum atomic E-state index is 12.5. The van der Waals surface area contributed by atoms with Crippen LogP contribution in [0.4, 0.5) is 0 Å². The van der Waals surface area contributed by atoms with E-state index in [1.807, 2.05) is 24.3 Å². The monoisotopic (exact) mass is 325 g/mol. The number of carbonyl (C=O) groups excluding carboxylic acids is 1. The van der Waals surface area contributed by atoms with Crippen molar-refractivity contribution in [2.45, 2.75) is 45.1 Å². The third-order valence-electron chi connectivity index (χ3n) is 5.07. The van der Waals surface area contributed by atoms with Gasteiger partial charge in [0.15, 0.2) is 0 Å². The Bertz CT molecular complexity index is 738. The highest BCUT2D eigenvalue weighted by Crippen LogP contribution is 2.27. The summed E-state index contributed by atoms with van der Waals surface area (Å²) in [6, 6.07) is 7.94. The third-order valence-corrected chi connectivity index (χ3v) is 5.07. The summed E-state index contributed by atoms with van der Waals surface area (Å²) in [6.07, 6.45) is 6.58. The minimum absolute atomic E-state index is 0.0508. The fourth-order valence-corrected chi connectivity index (χ4v) is 3.68. The molecule has 2 heterocycles. The molecule has 1 amide bonds. The molecule has 0 saturated carbocycles. The zero-order valence-corrected chi connectivity index (χ0v) is 13.8. The fraction of sp³-hybridized carbons (Fsp3) is 0.474. The standard InChI is InChI=1S/C19H23N3O2/c23-19(14-10-13-6-4-5-9-18(13)24-12-14)20-11-17-15-7-2-1-3-8-16(15)21-22-17/h4-6,9,14H,1-3,7-8,10-12H2,(H,20,23)(H,21,22). The van der Waals surface area contributed by atoms with Crippen molar-refractivity contribution in [2.75, 3.05) is 6.61 Å². The van der Waals surface area contributed by atoms with Crippen LogP contribution in [0.2, 0.25) is 0 Å². The van der Waals surface area contributed by atoms with Crippen molar-refractivity contribution in [3.8, 4) is 5.75 Å². The lowest BCUT2D eigenvalue weighted by Gasteiger charge is -2.24. The molecule has 0 saturated heterocycles. The van der Waals surface area contributed by atoms with E-state index < -0.39 is 0 Å². The molecule has 126 valence electrons. The Kier molecular flexibility index (Phi) is 4.24. The lowest BCUT2D eigenvalue weighted by atomic mass is 9.96. The molecular weight excluding hydrogens is 302 g/mol. The third kappa shape index (κ3) is 3.03. The van der Waals surface area contributed by atoms with Gasteiger partial charge in [0, 0.05) is 5.69 Å². The van der Waals surface area contributed by atoms with Crippen molar-refractivity contribution >= 4 is 5.91 Å². The van der Waals surface area contributed by atoms with Crippen molar-refractivity contribution in [1.82, 2.24) is 15.5 Å². The number of nitrogens with one attached hydrogen (secondary N) is 2. The second-order valence-corrected chi connectivity index (χ2v) is 6.73. The molecule has 5 heteroatoms. The van der Waals surface area contributed by atoms with E-state index in [9.17, 15) is 4.79 Å². The first-order valence-corrected chi connectivity index (χ1v) is 8.84. The minimum Gasteiger partial charge on any atom is -0.492 e. The number of benzene rings is 1. The summed E-state index contributed by atoms with van der Waals surface area (Å²) in [5, 5.41) is 10.6. The maximum absolute atomic E-state index is 12.5. The number of aromatic amines is 1. The van der Waals surface area contributed by atoms with Gasteiger partial charge in [0.05, 0.1) is 18.2 Å². The first-order chi connectivity index (χ1) is 11.8. The van der Waals surface area contributed by atoms with E-state index in [1.54, 1.807) is 0 Å². The molecule has 1 atom stereocenters. The number of amides is 1. The van der Waals surface area contributed by atoms with Crippen molar-refractivity contribution in [3.05, 3.63) is 46.8 Å². The normalized spacial score (nSPS) is 19.6. The molecule has 4 rings (SSSR count). The Morgan fingerprint density at radius 3 is 3.08 bits per heavy atom. The molecule has 1 aromatic carbocycles. The van der Waals surface area contributed by atoms with Crippen LogP contribution < -0.4 is 10.1 Å². The summed E-state index contributed by atoms with van der Waals surface area (Å²) in [7, 11) is 0. The highest BCUT2D eigenvalue weighted by Gasteiger charge is 2.26. The fourth-order valence-electron chi connectivity index (χ4n) is 3.68. The second kappa shape index (κ2) is 6.67. The average molecular weight is 325 g/mol. The highest BCUT2D eigenvalue weighted by atomic mass is 16.5. The van der Waals surface area contributed by atoms with Gasteiger partial charge in [0.2, 0.25) is 5.91 Å². The number of nitrogens with zero attached hydrogens (tertiary/aromatic N) is 1. The van der Waals surface area contributed by atoms with Crippen LogP contribution in [-0.4, -0.2) is 22.7 Å². The molecule has 2 aromatic rings. The number of aryl methyl sites for hydroxylation is 1. The van der Waals surface area contributed by atoms with E-state index in [-0.39, 0.29) is 11.8 Å². The van der Waals surface area contributed by atoms with Crippen LogP contribution in [0.3, 0.4) is 0 Å². The Hall–Kier alpha value is -2.30. The lowest BCUT2D eigenvalue weighted by Crippen LogP contribution is -2.37. The molecule has 1 aromatic heterocycles.